The zero-order chi connectivity index (χ0) is 42.5. The molecular weight excluding hydrogens is 735 g/mol. The molecule has 0 spiro atoms. The quantitative estimate of drug-likeness (QED) is 0.0235. The second-order valence-electron chi connectivity index (χ2n) is 17.0. The van der Waals surface area contributed by atoms with Gasteiger partial charge in [0, 0.05) is 0 Å². The van der Waals surface area contributed by atoms with Crippen LogP contribution in [0.5, 0.6) is 0 Å². The maximum absolute atomic E-state index is 13.0. The topological polar surface area (TPSA) is 169 Å². The molecule has 1 amide bonds. The van der Waals surface area contributed by atoms with E-state index in [0.717, 1.165) is 38.5 Å². The van der Waals surface area contributed by atoms with Crippen molar-refractivity contribution >= 4 is 5.91 Å². The first-order valence-corrected chi connectivity index (χ1v) is 24.2. The lowest BCUT2D eigenvalue weighted by Crippen LogP contribution is -2.60. The van der Waals surface area contributed by atoms with Gasteiger partial charge in [-0.15, -0.1) is 0 Å². The molecule has 8 atom stereocenters. The van der Waals surface area contributed by atoms with Gasteiger partial charge >= 0.3 is 0 Å². The van der Waals surface area contributed by atoms with Crippen molar-refractivity contribution in [3.63, 3.8) is 0 Å². The predicted molar refractivity (Wildman–Crippen MR) is 236 cm³/mol. The van der Waals surface area contributed by atoms with E-state index in [1.54, 1.807) is 6.08 Å². The summed E-state index contributed by atoms with van der Waals surface area (Å²) in [6.45, 7) is 3.60. The van der Waals surface area contributed by atoms with Crippen LogP contribution in [0, 0.1) is 0 Å². The fourth-order valence-corrected chi connectivity index (χ4v) is 7.63. The summed E-state index contributed by atoms with van der Waals surface area (Å²) >= 11 is 0. The van der Waals surface area contributed by atoms with Crippen LogP contribution in [0.15, 0.2) is 24.3 Å². The number of rotatable bonds is 40. The van der Waals surface area contributed by atoms with Crippen LogP contribution in [0.2, 0.25) is 0 Å². The number of allylic oxidation sites excluding steroid dienone is 3. The van der Waals surface area contributed by atoms with Gasteiger partial charge < -0.3 is 45.4 Å². The van der Waals surface area contributed by atoms with Gasteiger partial charge in [-0.2, -0.15) is 0 Å². The smallest absolute Gasteiger partial charge is 0.249 e. The molecule has 10 heteroatoms. The summed E-state index contributed by atoms with van der Waals surface area (Å²) in [5.74, 6) is -0.617. The highest BCUT2D eigenvalue weighted by Crippen LogP contribution is 2.23. The van der Waals surface area contributed by atoms with Crippen molar-refractivity contribution in [1.82, 2.24) is 5.32 Å². The minimum Gasteiger partial charge on any atom is -0.394 e. The summed E-state index contributed by atoms with van der Waals surface area (Å²) in [5.41, 5.74) is 0. The Hall–Kier alpha value is -1.37. The van der Waals surface area contributed by atoms with E-state index in [1.165, 1.54) is 148 Å². The Bertz CT molecular complexity index is 979. The minimum absolute atomic E-state index is 0.304. The normalized spacial score (nSPS) is 21.6. The highest BCUT2D eigenvalue weighted by Gasteiger charge is 2.44. The fraction of sp³-hybridized carbons (Fsp3) is 0.896. The van der Waals surface area contributed by atoms with Gasteiger partial charge in [0.05, 0.1) is 25.4 Å². The van der Waals surface area contributed by atoms with Crippen molar-refractivity contribution in [1.29, 1.82) is 0 Å². The summed E-state index contributed by atoms with van der Waals surface area (Å²) in [6.07, 6.45) is 35.5. The largest absolute Gasteiger partial charge is 0.394 e. The van der Waals surface area contributed by atoms with Crippen LogP contribution in [0.1, 0.15) is 213 Å². The zero-order valence-electron chi connectivity index (χ0n) is 37.2. The average molecular weight is 826 g/mol. The molecule has 0 saturated carbocycles. The van der Waals surface area contributed by atoms with Crippen molar-refractivity contribution in [3.05, 3.63) is 24.3 Å². The monoisotopic (exact) mass is 826 g/mol. The summed E-state index contributed by atoms with van der Waals surface area (Å²) in [7, 11) is 0. The number of nitrogens with one attached hydrogen (secondary N) is 1. The predicted octanol–water partition coefficient (Wildman–Crippen LogP) is 9.25. The Balaban J connectivity index is 2.36. The first-order valence-electron chi connectivity index (χ1n) is 24.2. The fourth-order valence-electron chi connectivity index (χ4n) is 7.63. The highest BCUT2D eigenvalue weighted by atomic mass is 16.7. The van der Waals surface area contributed by atoms with E-state index in [9.17, 15) is 35.4 Å². The Morgan fingerprint density at radius 2 is 1.00 bits per heavy atom. The average Bonchev–Trinajstić information content (AvgIpc) is 3.22. The lowest BCUT2D eigenvalue weighted by atomic mass is 9.99. The Labute approximate surface area is 354 Å². The summed E-state index contributed by atoms with van der Waals surface area (Å²) in [5, 5.41) is 64.7. The second kappa shape index (κ2) is 38.5. The molecule has 342 valence electrons. The summed E-state index contributed by atoms with van der Waals surface area (Å²) in [4.78, 5) is 13.0. The van der Waals surface area contributed by atoms with E-state index in [4.69, 9.17) is 9.47 Å². The van der Waals surface area contributed by atoms with E-state index in [1.807, 2.05) is 6.08 Å². The molecule has 1 aliphatic heterocycles. The van der Waals surface area contributed by atoms with E-state index in [2.05, 4.69) is 31.3 Å². The maximum Gasteiger partial charge on any atom is 0.249 e. The molecule has 58 heavy (non-hydrogen) atoms. The zero-order valence-corrected chi connectivity index (χ0v) is 37.2. The molecule has 1 rings (SSSR count). The number of hydrogen-bond acceptors (Lipinski definition) is 9. The molecule has 1 aliphatic rings. The maximum atomic E-state index is 13.0. The van der Waals surface area contributed by atoms with Crippen LogP contribution >= 0.6 is 0 Å². The number of amides is 1. The third kappa shape index (κ3) is 28.2. The van der Waals surface area contributed by atoms with Crippen LogP contribution in [-0.2, 0) is 14.3 Å². The number of carbonyl (C=O) groups excluding carboxylic acids is 1. The Kier molecular flexibility index (Phi) is 36.3. The van der Waals surface area contributed by atoms with Crippen molar-refractivity contribution in [2.75, 3.05) is 13.2 Å². The van der Waals surface area contributed by atoms with E-state index >= 15 is 0 Å². The number of ether oxygens (including phenoxy) is 2. The van der Waals surface area contributed by atoms with E-state index in [-0.39, 0.29) is 6.61 Å². The van der Waals surface area contributed by atoms with Gasteiger partial charge in [0.25, 0.3) is 0 Å². The third-order valence-corrected chi connectivity index (χ3v) is 11.6. The van der Waals surface area contributed by atoms with Crippen molar-refractivity contribution in [2.45, 2.75) is 262 Å². The summed E-state index contributed by atoms with van der Waals surface area (Å²) in [6, 6.07) is -0.977. The lowest BCUT2D eigenvalue weighted by Gasteiger charge is -2.40. The first-order chi connectivity index (χ1) is 28.3. The SMILES string of the molecule is CCCCCCCC/C=C\CCCCCCCCCCCCC(O)C(=O)N[C@@H](CO[C@@H]1O[C@H](CO)[C@@H](O)[C@H](O)[C@H]1O)[C@H](O)/C=C/CCCCCCCCCCCCC. The third-order valence-electron chi connectivity index (χ3n) is 11.6. The number of aliphatic hydroxyl groups is 6. The van der Waals surface area contributed by atoms with Gasteiger partial charge in [0.2, 0.25) is 5.91 Å². The number of hydrogen-bond donors (Lipinski definition) is 7. The molecular formula is C48H91NO9. The minimum atomic E-state index is -1.61. The van der Waals surface area contributed by atoms with Crippen molar-refractivity contribution in [2.24, 2.45) is 0 Å². The Morgan fingerprint density at radius 3 is 1.45 bits per heavy atom. The molecule has 0 aromatic heterocycles. The van der Waals surface area contributed by atoms with Crippen LogP contribution in [0.25, 0.3) is 0 Å². The van der Waals surface area contributed by atoms with E-state index < -0.39 is 61.5 Å². The van der Waals surface area contributed by atoms with Crippen LogP contribution < -0.4 is 5.32 Å². The standard InChI is InChI=1S/C48H91NO9/c1-3-5-7-9-11-13-15-17-18-19-20-21-22-23-25-27-29-31-33-35-37-42(52)47(56)49-40(39-57-48-46(55)45(54)44(53)43(38-50)58-48)41(51)36-34-32-30-28-26-24-16-14-12-10-8-6-4-2/h17-18,34,36,40-46,48,50-55H,3-16,19-33,35,37-39H2,1-2H3,(H,49,56)/b18-17-,36-34+/t40-,41+,42?,43+,44+,45-,46+,48+/m0/s1. The van der Waals surface area contributed by atoms with Crippen molar-refractivity contribution in [3.8, 4) is 0 Å². The van der Waals surface area contributed by atoms with Gasteiger partial charge in [-0.25, -0.2) is 0 Å². The van der Waals surface area contributed by atoms with Gasteiger partial charge in [0.15, 0.2) is 6.29 Å². The van der Waals surface area contributed by atoms with Crippen LogP contribution in [-0.4, -0.2) is 98.7 Å². The summed E-state index contributed by atoms with van der Waals surface area (Å²) < 4.78 is 11.1. The molecule has 10 nitrogen and oxygen atoms in total. The molecule has 1 saturated heterocycles. The van der Waals surface area contributed by atoms with Crippen LogP contribution in [0.3, 0.4) is 0 Å². The first kappa shape index (κ1) is 54.6. The van der Waals surface area contributed by atoms with Gasteiger partial charge in [0.1, 0.15) is 30.5 Å². The molecule has 0 aliphatic carbocycles. The van der Waals surface area contributed by atoms with Gasteiger partial charge in [-0.3, -0.25) is 4.79 Å². The molecule has 0 aromatic carbocycles. The van der Waals surface area contributed by atoms with Gasteiger partial charge in [-0.1, -0.05) is 192 Å². The van der Waals surface area contributed by atoms with Crippen molar-refractivity contribution < 1.29 is 44.9 Å². The second-order valence-corrected chi connectivity index (χ2v) is 17.0. The lowest BCUT2D eigenvalue weighted by molar-refractivity contribution is -0.302. The molecule has 7 N–H and O–H groups in total. The van der Waals surface area contributed by atoms with E-state index in [0.29, 0.717) is 12.8 Å². The molecule has 0 bridgehead atoms. The molecule has 1 heterocycles. The number of unbranched alkanes of at least 4 members (excludes halogenated alkanes) is 27. The molecule has 0 aromatic rings. The highest BCUT2D eigenvalue weighted by molar-refractivity contribution is 5.80. The van der Waals surface area contributed by atoms with Gasteiger partial charge in [-0.05, 0) is 44.9 Å². The molecule has 1 unspecified atom stereocenters. The number of aliphatic hydroxyl groups excluding tert-OH is 6. The molecule has 0 radical (unpaired) electrons. The molecule has 1 fully saturated rings. The number of carbonyl (C=O) groups is 1. The van der Waals surface area contributed by atoms with Crippen LogP contribution in [0.4, 0.5) is 0 Å². The Morgan fingerprint density at radius 1 is 0.586 bits per heavy atom.